The summed E-state index contributed by atoms with van der Waals surface area (Å²) in [7, 11) is 0. The number of benzene rings is 2. The van der Waals surface area contributed by atoms with Crippen molar-refractivity contribution >= 4 is 62.0 Å². The molecule has 3 aromatic rings. The van der Waals surface area contributed by atoms with E-state index in [2.05, 4.69) is 0 Å². The number of esters is 1. The normalized spacial score (nSPS) is 12.1. The number of hydrogen-bond acceptors (Lipinski definition) is 6. The van der Waals surface area contributed by atoms with E-state index in [1.807, 2.05) is 55.5 Å². The monoisotopic (exact) mass is 429 g/mol. The van der Waals surface area contributed by atoms with Crippen molar-refractivity contribution in [3.05, 3.63) is 48.5 Å². The number of aromatic nitrogens is 1. The van der Waals surface area contributed by atoms with Crippen LogP contribution in [0.4, 0.5) is 0 Å². The number of carbonyl (C=O) groups excluding carboxylic acids is 2. The summed E-state index contributed by atoms with van der Waals surface area (Å²) in [4.78, 5) is 24.4. The number of rotatable bonds is 7. The fourth-order valence-electron chi connectivity index (χ4n) is 3.26. The van der Waals surface area contributed by atoms with Crippen LogP contribution in [0.3, 0.4) is 0 Å². The standard InChI is InChI=1S/C22H23NO4S2/c1-3-26-22(28)29-16(14-27-15(2)24)12-13-21(25)23-19-10-6-4-8-17(19)18-9-5-7-11-20(18)23/h4-11,16H,3,12-14H2,1-2H3. The minimum atomic E-state index is -0.355. The van der Waals surface area contributed by atoms with Gasteiger partial charge in [-0.1, -0.05) is 48.2 Å². The molecule has 5 nitrogen and oxygen atoms in total. The summed E-state index contributed by atoms with van der Waals surface area (Å²) in [5.74, 6) is -0.357. The smallest absolute Gasteiger partial charge is 0.302 e. The van der Waals surface area contributed by atoms with Gasteiger partial charge in [-0.15, -0.1) is 0 Å². The Morgan fingerprint density at radius 3 is 2.17 bits per heavy atom. The zero-order chi connectivity index (χ0) is 20.8. The van der Waals surface area contributed by atoms with Crippen LogP contribution in [0.5, 0.6) is 0 Å². The SMILES string of the molecule is CCOC(=S)SC(CCC(=O)n1c2ccccc2c2ccccc21)COC(C)=O. The Balaban J connectivity index is 1.80. The van der Waals surface area contributed by atoms with E-state index in [0.717, 1.165) is 21.8 Å². The highest BCUT2D eigenvalue weighted by Gasteiger charge is 2.20. The Hall–Kier alpha value is -2.38. The summed E-state index contributed by atoms with van der Waals surface area (Å²) in [6.07, 6.45) is 0.821. The van der Waals surface area contributed by atoms with Crippen LogP contribution in [0, 0.1) is 0 Å². The van der Waals surface area contributed by atoms with Crippen LogP contribution in [0.25, 0.3) is 21.8 Å². The number of ether oxygens (including phenoxy) is 2. The first kappa shape index (κ1) is 21.3. The van der Waals surface area contributed by atoms with Gasteiger partial charge in [0.15, 0.2) is 0 Å². The van der Waals surface area contributed by atoms with E-state index in [1.165, 1.54) is 18.7 Å². The van der Waals surface area contributed by atoms with E-state index in [0.29, 0.717) is 23.8 Å². The second-order valence-electron chi connectivity index (χ2n) is 6.53. The van der Waals surface area contributed by atoms with Crippen LogP contribution < -0.4 is 0 Å². The van der Waals surface area contributed by atoms with Gasteiger partial charge in [0.2, 0.25) is 10.3 Å². The van der Waals surface area contributed by atoms with Crippen LogP contribution in [0.2, 0.25) is 0 Å². The van der Waals surface area contributed by atoms with E-state index in [9.17, 15) is 9.59 Å². The van der Waals surface area contributed by atoms with Gasteiger partial charge in [-0.25, -0.2) is 0 Å². The van der Waals surface area contributed by atoms with E-state index in [-0.39, 0.29) is 23.7 Å². The molecule has 0 spiro atoms. The maximum atomic E-state index is 13.2. The second-order valence-corrected chi connectivity index (χ2v) is 8.43. The fraction of sp³-hybridized carbons (Fsp3) is 0.318. The third-order valence-corrected chi connectivity index (χ3v) is 5.93. The van der Waals surface area contributed by atoms with Gasteiger partial charge in [-0.2, -0.15) is 0 Å². The second kappa shape index (κ2) is 9.89. The van der Waals surface area contributed by atoms with Crippen molar-refractivity contribution in [2.45, 2.75) is 31.9 Å². The molecule has 0 saturated heterocycles. The van der Waals surface area contributed by atoms with Crippen molar-refractivity contribution < 1.29 is 19.1 Å². The van der Waals surface area contributed by atoms with Gasteiger partial charge in [-0.3, -0.25) is 14.2 Å². The first-order valence-electron chi connectivity index (χ1n) is 9.49. The Bertz CT molecular complexity index is 990. The molecule has 0 saturated carbocycles. The molecule has 1 aromatic heterocycles. The molecule has 1 heterocycles. The van der Waals surface area contributed by atoms with E-state index in [4.69, 9.17) is 21.7 Å². The first-order chi connectivity index (χ1) is 14.0. The number of para-hydroxylation sites is 2. The number of thiocarbonyl (C=S) groups is 1. The van der Waals surface area contributed by atoms with Crippen LogP contribution in [0.15, 0.2) is 48.5 Å². The van der Waals surface area contributed by atoms with Crippen molar-refractivity contribution in [3.63, 3.8) is 0 Å². The predicted molar refractivity (Wildman–Crippen MR) is 122 cm³/mol. The number of thioether (sulfide) groups is 1. The van der Waals surface area contributed by atoms with Crippen molar-refractivity contribution in [2.24, 2.45) is 0 Å². The molecular weight excluding hydrogens is 406 g/mol. The Labute approximate surface area is 179 Å². The summed E-state index contributed by atoms with van der Waals surface area (Å²) in [6, 6.07) is 15.8. The third-order valence-electron chi connectivity index (χ3n) is 4.51. The van der Waals surface area contributed by atoms with Crippen molar-refractivity contribution in [1.82, 2.24) is 4.57 Å². The van der Waals surface area contributed by atoms with Gasteiger partial charge >= 0.3 is 5.97 Å². The van der Waals surface area contributed by atoms with Crippen LogP contribution >= 0.6 is 24.0 Å². The van der Waals surface area contributed by atoms with Gasteiger partial charge < -0.3 is 9.47 Å². The lowest BCUT2D eigenvalue weighted by atomic mass is 10.2. The molecule has 3 rings (SSSR count). The lowest BCUT2D eigenvalue weighted by Gasteiger charge is -2.16. The van der Waals surface area contributed by atoms with Gasteiger partial charge in [0.1, 0.15) is 6.61 Å². The van der Waals surface area contributed by atoms with Gasteiger partial charge in [-0.05, 0) is 37.7 Å². The molecule has 0 bridgehead atoms. The van der Waals surface area contributed by atoms with Crippen molar-refractivity contribution in [1.29, 1.82) is 0 Å². The Morgan fingerprint density at radius 1 is 1.03 bits per heavy atom. The molecule has 29 heavy (non-hydrogen) atoms. The fourth-order valence-corrected chi connectivity index (χ4v) is 4.62. The Morgan fingerprint density at radius 2 is 1.62 bits per heavy atom. The minimum Gasteiger partial charge on any atom is -0.479 e. The zero-order valence-corrected chi connectivity index (χ0v) is 18.1. The lowest BCUT2D eigenvalue weighted by molar-refractivity contribution is -0.140. The number of carbonyl (C=O) groups is 2. The maximum Gasteiger partial charge on any atom is 0.302 e. The molecule has 0 amide bonds. The van der Waals surface area contributed by atoms with E-state index < -0.39 is 0 Å². The molecule has 152 valence electrons. The van der Waals surface area contributed by atoms with E-state index in [1.54, 1.807) is 4.57 Å². The molecule has 0 N–H and O–H groups in total. The third kappa shape index (κ3) is 5.16. The summed E-state index contributed by atoms with van der Waals surface area (Å²) in [5, 5.41) is 1.97. The molecule has 2 aromatic carbocycles. The summed E-state index contributed by atoms with van der Waals surface area (Å²) < 4.78 is 12.7. The van der Waals surface area contributed by atoms with Crippen molar-refractivity contribution in [2.75, 3.05) is 13.2 Å². The molecule has 0 aliphatic carbocycles. The average molecular weight is 430 g/mol. The summed E-state index contributed by atoms with van der Waals surface area (Å²) >= 11 is 6.53. The molecule has 0 radical (unpaired) electrons. The van der Waals surface area contributed by atoms with Crippen LogP contribution in [-0.4, -0.2) is 39.3 Å². The number of fused-ring (bicyclic) bond motifs is 3. The summed E-state index contributed by atoms with van der Waals surface area (Å²) in [5.41, 5.74) is 1.79. The first-order valence-corrected chi connectivity index (χ1v) is 10.8. The predicted octanol–water partition coefficient (Wildman–Crippen LogP) is 5.20. The highest BCUT2D eigenvalue weighted by molar-refractivity contribution is 8.23. The van der Waals surface area contributed by atoms with Gasteiger partial charge in [0, 0.05) is 29.4 Å². The Kier molecular flexibility index (Phi) is 7.28. The minimum absolute atomic E-state index is 0.00171. The summed E-state index contributed by atoms with van der Waals surface area (Å²) in [6.45, 7) is 3.89. The maximum absolute atomic E-state index is 13.2. The topological polar surface area (TPSA) is 57.5 Å². The molecule has 1 unspecified atom stereocenters. The highest BCUT2D eigenvalue weighted by Crippen LogP contribution is 2.29. The molecule has 0 fully saturated rings. The molecule has 7 heteroatoms. The number of hydrogen-bond donors (Lipinski definition) is 0. The number of nitrogens with zero attached hydrogens (tertiary/aromatic N) is 1. The average Bonchev–Trinajstić information content (AvgIpc) is 3.04. The quantitative estimate of drug-likeness (QED) is 0.380. The molecule has 0 aliphatic heterocycles. The lowest BCUT2D eigenvalue weighted by Crippen LogP contribution is -2.20. The van der Waals surface area contributed by atoms with Crippen LogP contribution in [0.1, 0.15) is 31.5 Å². The van der Waals surface area contributed by atoms with Gasteiger partial charge in [0.25, 0.3) is 0 Å². The van der Waals surface area contributed by atoms with Crippen molar-refractivity contribution in [3.8, 4) is 0 Å². The van der Waals surface area contributed by atoms with Gasteiger partial charge in [0.05, 0.1) is 17.6 Å². The molecular formula is C22H23NO4S2. The largest absolute Gasteiger partial charge is 0.479 e. The highest BCUT2D eigenvalue weighted by atomic mass is 32.2. The molecule has 0 aliphatic rings. The molecule has 1 atom stereocenters. The van der Waals surface area contributed by atoms with Crippen LogP contribution in [-0.2, 0) is 14.3 Å². The zero-order valence-electron chi connectivity index (χ0n) is 16.4. The van der Waals surface area contributed by atoms with E-state index >= 15 is 0 Å².